The van der Waals surface area contributed by atoms with Gasteiger partial charge in [0.1, 0.15) is 12.6 Å². The first kappa shape index (κ1) is 18.6. The molecule has 0 atom stereocenters. The molecule has 0 aliphatic heterocycles. The number of fused-ring (bicyclic) bond motifs is 5. The standard InChI is InChI=1S/C29H29N2/c1-16(2)11-20-7-8-22-23-9-10-30(6)29-26-19(5)18(4)14-21-12-17(3)13-25(27(21)26)31(28(23)29)24(22)15-20/h7-10,12-16H,11H2,1-6H3/q+1. The molecule has 2 nitrogen and oxygen atoms in total. The molecule has 0 aliphatic rings. The highest BCUT2D eigenvalue weighted by Crippen LogP contribution is 2.41. The molecular formula is C29H29N2+. The van der Waals surface area contributed by atoms with Gasteiger partial charge in [-0.2, -0.15) is 4.57 Å². The van der Waals surface area contributed by atoms with E-state index in [0.717, 1.165) is 6.42 Å². The Kier molecular flexibility index (Phi) is 3.72. The average Bonchev–Trinajstić information content (AvgIpc) is 3.03. The van der Waals surface area contributed by atoms with Crippen LogP contribution in [0.2, 0.25) is 0 Å². The lowest BCUT2D eigenvalue weighted by atomic mass is 9.93. The number of hydrogen-bond donors (Lipinski definition) is 0. The molecule has 0 saturated carbocycles. The van der Waals surface area contributed by atoms with E-state index in [1.807, 2.05) is 0 Å². The molecule has 0 amide bonds. The van der Waals surface area contributed by atoms with E-state index in [1.165, 1.54) is 71.3 Å². The maximum absolute atomic E-state index is 2.54. The Hall–Kier alpha value is -3.13. The predicted octanol–water partition coefficient (Wildman–Crippen LogP) is 6.94. The topological polar surface area (TPSA) is 8.29 Å². The number of aromatic nitrogens is 2. The summed E-state index contributed by atoms with van der Waals surface area (Å²) in [6.07, 6.45) is 3.34. The van der Waals surface area contributed by atoms with Crippen molar-refractivity contribution >= 4 is 49.0 Å². The molecular weight excluding hydrogens is 376 g/mol. The Morgan fingerprint density at radius 1 is 0.871 bits per heavy atom. The molecule has 3 aromatic carbocycles. The number of aryl methyl sites for hydroxylation is 4. The largest absolute Gasteiger partial charge is 0.303 e. The highest BCUT2D eigenvalue weighted by molar-refractivity contribution is 6.26. The molecule has 3 heterocycles. The fourth-order valence-corrected chi connectivity index (χ4v) is 5.71. The van der Waals surface area contributed by atoms with E-state index >= 15 is 0 Å². The Balaban J connectivity index is 1.99. The van der Waals surface area contributed by atoms with Crippen LogP contribution in [0.3, 0.4) is 0 Å². The van der Waals surface area contributed by atoms with Gasteiger partial charge in [0.25, 0.3) is 0 Å². The zero-order valence-corrected chi connectivity index (χ0v) is 19.3. The van der Waals surface area contributed by atoms with Crippen LogP contribution in [0.1, 0.15) is 36.1 Å². The smallest absolute Gasteiger partial charge is 0.238 e. The summed E-state index contributed by atoms with van der Waals surface area (Å²) in [6.45, 7) is 11.3. The van der Waals surface area contributed by atoms with Crippen molar-refractivity contribution in [2.45, 2.75) is 41.0 Å². The molecule has 0 saturated heterocycles. The van der Waals surface area contributed by atoms with Crippen LogP contribution in [0.5, 0.6) is 0 Å². The van der Waals surface area contributed by atoms with E-state index in [0.29, 0.717) is 5.92 Å². The zero-order chi connectivity index (χ0) is 21.6. The first-order chi connectivity index (χ1) is 14.8. The van der Waals surface area contributed by atoms with Gasteiger partial charge in [-0.15, -0.1) is 0 Å². The van der Waals surface area contributed by atoms with Crippen LogP contribution in [-0.2, 0) is 13.5 Å². The van der Waals surface area contributed by atoms with E-state index in [9.17, 15) is 0 Å². The Morgan fingerprint density at radius 3 is 2.45 bits per heavy atom. The van der Waals surface area contributed by atoms with Crippen molar-refractivity contribution < 1.29 is 4.57 Å². The molecule has 0 aliphatic carbocycles. The third kappa shape index (κ3) is 2.42. The Morgan fingerprint density at radius 2 is 1.68 bits per heavy atom. The molecule has 0 bridgehead atoms. The molecule has 2 heteroatoms. The van der Waals surface area contributed by atoms with Crippen molar-refractivity contribution in [2.24, 2.45) is 13.0 Å². The minimum Gasteiger partial charge on any atom is -0.303 e. The van der Waals surface area contributed by atoms with Gasteiger partial charge in [0.05, 0.1) is 16.4 Å². The number of nitrogens with zero attached hydrogens (tertiary/aromatic N) is 2. The van der Waals surface area contributed by atoms with Gasteiger partial charge in [-0.05, 0) is 72.9 Å². The Bertz CT molecular complexity index is 1660. The predicted molar refractivity (Wildman–Crippen MR) is 133 cm³/mol. The molecule has 6 rings (SSSR count). The minimum atomic E-state index is 0.647. The maximum Gasteiger partial charge on any atom is 0.238 e. The average molecular weight is 406 g/mol. The summed E-state index contributed by atoms with van der Waals surface area (Å²) in [5, 5.41) is 6.82. The molecule has 6 aromatic rings. The van der Waals surface area contributed by atoms with Crippen LogP contribution in [0.25, 0.3) is 49.0 Å². The SMILES string of the molecule is Cc1cc2cc(C)c(C)c3c2c(c1)n1c2cc(CC(C)C)ccc2c2cc[n+](C)c3c21. The zero-order valence-electron chi connectivity index (χ0n) is 19.3. The number of benzene rings is 3. The fraction of sp³-hybridized carbons (Fsp3) is 0.276. The van der Waals surface area contributed by atoms with Crippen molar-refractivity contribution in [1.82, 2.24) is 4.40 Å². The molecule has 154 valence electrons. The maximum atomic E-state index is 2.54. The molecule has 0 unspecified atom stereocenters. The second kappa shape index (κ2) is 6.20. The number of pyridine rings is 2. The minimum absolute atomic E-state index is 0.647. The van der Waals surface area contributed by atoms with E-state index in [-0.39, 0.29) is 0 Å². The Labute approximate surface area is 183 Å². The lowest BCUT2D eigenvalue weighted by molar-refractivity contribution is -0.644. The van der Waals surface area contributed by atoms with Crippen molar-refractivity contribution in [1.29, 1.82) is 0 Å². The lowest BCUT2D eigenvalue weighted by Crippen LogP contribution is -2.29. The summed E-state index contributed by atoms with van der Waals surface area (Å²) in [7, 11) is 2.19. The van der Waals surface area contributed by atoms with Crippen LogP contribution in [-0.4, -0.2) is 4.40 Å². The van der Waals surface area contributed by atoms with Crippen molar-refractivity contribution in [3.05, 3.63) is 70.9 Å². The second-order valence-corrected chi connectivity index (χ2v) is 9.90. The lowest BCUT2D eigenvalue weighted by Gasteiger charge is -2.16. The molecule has 0 fully saturated rings. The quantitative estimate of drug-likeness (QED) is 0.168. The van der Waals surface area contributed by atoms with Crippen molar-refractivity contribution in [3.63, 3.8) is 0 Å². The van der Waals surface area contributed by atoms with Gasteiger partial charge >= 0.3 is 0 Å². The van der Waals surface area contributed by atoms with Crippen LogP contribution in [0.4, 0.5) is 0 Å². The summed E-state index contributed by atoms with van der Waals surface area (Å²) in [4.78, 5) is 0. The molecule has 0 spiro atoms. The van der Waals surface area contributed by atoms with Gasteiger partial charge in [-0.1, -0.05) is 38.1 Å². The second-order valence-electron chi connectivity index (χ2n) is 9.90. The van der Waals surface area contributed by atoms with E-state index in [1.54, 1.807) is 0 Å². The van der Waals surface area contributed by atoms with Gasteiger partial charge in [0.2, 0.25) is 5.52 Å². The first-order valence-corrected chi connectivity index (χ1v) is 11.4. The summed E-state index contributed by atoms with van der Waals surface area (Å²) in [5.41, 5.74) is 10.8. The molecule has 0 N–H and O–H groups in total. The third-order valence-corrected chi connectivity index (χ3v) is 7.12. The van der Waals surface area contributed by atoms with E-state index in [2.05, 4.69) is 99.3 Å². The third-order valence-electron chi connectivity index (χ3n) is 7.12. The van der Waals surface area contributed by atoms with Crippen molar-refractivity contribution in [3.8, 4) is 0 Å². The van der Waals surface area contributed by atoms with E-state index in [4.69, 9.17) is 0 Å². The van der Waals surface area contributed by atoms with Crippen LogP contribution in [0, 0.1) is 26.7 Å². The van der Waals surface area contributed by atoms with Crippen LogP contribution < -0.4 is 4.57 Å². The summed E-state index contributed by atoms with van der Waals surface area (Å²) in [5.74, 6) is 0.647. The van der Waals surface area contributed by atoms with E-state index < -0.39 is 0 Å². The summed E-state index contributed by atoms with van der Waals surface area (Å²) >= 11 is 0. The summed E-state index contributed by atoms with van der Waals surface area (Å²) in [6, 6.07) is 16.5. The highest BCUT2D eigenvalue weighted by atomic mass is 15.0. The van der Waals surface area contributed by atoms with Gasteiger partial charge in [-0.25, -0.2) is 0 Å². The highest BCUT2D eigenvalue weighted by Gasteiger charge is 2.25. The van der Waals surface area contributed by atoms with Gasteiger partial charge in [0, 0.05) is 22.2 Å². The van der Waals surface area contributed by atoms with Gasteiger partial charge in [-0.3, -0.25) is 0 Å². The number of rotatable bonds is 2. The van der Waals surface area contributed by atoms with Crippen LogP contribution in [0.15, 0.2) is 48.7 Å². The van der Waals surface area contributed by atoms with Gasteiger partial charge in [0.15, 0.2) is 6.20 Å². The van der Waals surface area contributed by atoms with Crippen LogP contribution >= 0.6 is 0 Å². The van der Waals surface area contributed by atoms with Gasteiger partial charge < -0.3 is 4.40 Å². The van der Waals surface area contributed by atoms with Crippen molar-refractivity contribution in [2.75, 3.05) is 0 Å². The first-order valence-electron chi connectivity index (χ1n) is 11.4. The molecule has 3 aromatic heterocycles. The monoisotopic (exact) mass is 405 g/mol. The fourth-order valence-electron chi connectivity index (χ4n) is 5.71. The molecule has 0 radical (unpaired) electrons. The number of hydrogen-bond acceptors (Lipinski definition) is 0. The normalized spacial score (nSPS) is 12.6. The molecule has 31 heavy (non-hydrogen) atoms. The summed E-state index contributed by atoms with van der Waals surface area (Å²) < 4.78 is 4.86.